The van der Waals surface area contributed by atoms with E-state index in [0.717, 1.165) is 35.6 Å². The Labute approximate surface area is 253 Å². The van der Waals surface area contributed by atoms with E-state index in [1.54, 1.807) is 62.6 Å². The van der Waals surface area contributed by atoms with Gasteiger partial charge in [0, 0.05) is 18.7 Å². The first-order chi connectivity index (χ1) is 20.7. The van der Waals surface area contributed by atoms with Gasteiger partial charge in [-0.1, -0.05) is 43.2 Å². The van der Waals surface area contributed by atoms with Gasteiger partial charge in [0.25, 0.3) is 10.0 Å². The van der Waals surface area contributed by atoms with Crippen LogP contribution >= 0.6 is 0 Å². The molecule has 3 aromatic rings. The van der Waals surface area contributed by atoms with E-state index < -0.39 is 28.5 Å². The van der Waals surface area contributed by atoms with E-state index >= 15 is 0 Å². The summed E-state index contributed by atoms with van der Waals surface area (Å²) in [6, 6.07) is 19.0. The summed E-state index contributed by atoms with van der Waals surface area (Å²) in [5.41, 5.74) is 0.855. The van der Waals surface area contributed by atoms with E-state index in [2.05, 4.69) is 5.32 Å². The molecule has 1 fully saturated rings. The third kappa shape index (κ3) is 7.59. The molecule has 1 aliphatic carbocycles. The summed E-state index contributed by atoms with van der Waals surface area (Å²) in [5, 5.41) is 3.07. The largest absolute Gasteiger partial charge is 0.497 e. The highest BCUT2D eigenvalue weighted by atomic mass is 32.2. The van der Waals surface area contributed by atoms with Gasteiger partial charge in [0.15, 0.2) is 0 Å². The second-order valence-electron chi connectivity index (χ2n) is 10.4. The predicted octanol–water partition coefficient (Wildman–Crippen LogP) is 4.38. The highest BCUT2D eigenvalue weighted by Gasteiger charge is 2.34. The second-order valence-corrected chi connectivity index (χ2v) is 12.3. The molecule has 0 aliphatic heterocycles. The summed E-state index contributed by atoms with van der Waals surface area (Å²) in [7, 11) is 0.178. The van der Waals surface area contributed by atoms with Gasteiger partial charge in [0.05, 0.1) is 31.9 Å². The van der Waals surface area contributed by atoms with Crippen LogP contribution in [-0.2, 0) is 26.2 Å². The number of hydrogen-bond acceptors (Lipinski definition) is 7. The molecule has 230 valence electrons. The molecule has 43 heavy (non-hydrogen) atoms. The minimum absolute atomic E-state index is 0.000886. The van der Waals surface area contributed by atoms with Crippen molar-refractivity contribution in [3.63, 3.8) is 0 Å². The smallest absolute Gasteiger partial charge is 0.264 e. The van der Waals surface area contributed by atoms with Crippen molar-refractivity contribution in [2.24, 2.45) is 0 Å². The normalized spacial score (nSPS) is 14.0. The number of ether oxygens (including phenoxy) is 3. The number of anilines is 1. The lowest BCUT2D eigenvalue weighted by Gasteiger charge is -2.33. The molecule has 11 heteroatoms. The molecule has 4 rings (SSSR count). The van der Waals surface area contributed by atoms with E-state index in [1.165, 1.54) is 37.3 Å². The number of methoxy groups -OCH3 is 3. The first-order valence-electron chi connectivity index (χ1n) is 14.2. The zero-order valence-electron chi connectivity index (χ0n) is 25.0. The highest BCUT2D eigenvalue weighted by Crippen LogP contribution is 2.36. The molecule has 3 aromatic carbocycles. The minimum atomic E-state index is -4.26. The lowest BCUT2D eigenvalue weighted by molar-refractivity contribution is -0.139. The second kappa shape index (κ2) is 14.3. The number of nitrogens with one attached hydrogen (secondary N) is 1. The maximum absolute atomic E-state index is 14.2. The van der Waals surface area contributed by atoms with Gasteiger partial charge < -0.3 is 24.4 Å². The molecular formula is C32H39N3O7S. The van der Waals surface area contributed by atoms with Crippen molar-refractivity contribution >= 4 is 27.5 Å². The van der Waals surface area contributed by atoms with E-state index in [-0.39, 0.29) is 34.8 Å². The molecular weight excluding hydrogens is 570 g/mol. The molecule has 1 N–H and O–H groups in total. The Morgan fingerprint density at radius 2 is 1.56 bits per heavy atom. The number of carbonyl (C=O) groups is 2. The quantitative estimate of drug-likeness (QED) is 0.306. The van der Waals surface area contributed by atoms with Crippen LogP contribution in [0.4, 0.5) is 5.69 Å². The van der Waals surface area contributed by atoms with Gasteiger partial charge in [-0.2, -0.15) is 0 Å². The summed E-state index contributed by atoms with van der Waals surface area (Å²) in [4.78, 5) is 29.1. The summed E-state index contributed by atoms with van der Waals surface area (Å²) < 4.78 is 45.4. The molecule has 0 heterocycles. The Kier molecular flexibility index (Phi) is 10.5. The fourth-order valence-corrected chi connectivity index (χ4v) is 6.60. The third-order valence-corrected chi connectivity index (χ3v) is 9.39. The lowest BCUT2D eigenvalue weighted by atomic mass is 10.1. The molecule has 10 nitrogen and oxygen atoms in total. The number of carbonyl (C=O) groups excluding carboxylic acids is 2. The fourth-order valence-electron chi connectivity index (χ4n) is 5.17. The molecule has 0 unspecified atom stereocenters. The first-order valence-corrected chi connectivity index (χ1v) is 15.6. The zero-order chi connectivity index (χ0) is 31.0. The van der Waals surface area contributed by atoms with Gasteiger partial charge in [0.1, 0.15) is 29.8 Å². The lowest BCUT2D eigenvalue weighted by Crippen LogP contribution is -2.52. The molecule has 1 atom stereocenters. The van der Waals surface area contributed by atoms with Crippen LogP contribution in [0.2, 0.25) is 0 Å². The van der Waals surface area contributed by atoms with Gasteiger partial charge in [-0.3, -0.25) is 13.9 Å². The van der Waals surface area contributed by atoms with Crippen LogP contribution in [0.15, 0.2) is 77.7 Å². The van der Waals surface area contributed by atoms with Crippen LogP contribution in [0.25, 0.3) is 0 Å². The van der Waals surface area contributed by atoms with E-state index in [1.807, 2.05) is 6.07 Å². The number of hydrogen-bond donors (Lipinski definition) is 1. The molecule has 2 amide bonds. The number of rotatable bonds is 13. The molecule has 1 aliphatic rings. The number of benzene rings is 3. The molecule has 0 spiro atoms. The van der Waals surface area contributed by atoms with Crippen molar-refractivity contribution in [1.82, 2.24) is 10.2 Å². The Morgan fingerprint density at radius 1 is 0.884 bits per heavy atom. The third-order valence-electron chi connectivity index (χ3n) is 7.62. The maximum Gasteiger partial charge on any atom is 0.264 e. The molecule has 1 saturated carbocycles. The molecule has 0 saturated heterocycles. The Hall–Kier alpha value is -4.25. The van der Waals surface area contributed by atoms with E-state index in [0.29, 0.717) is 11.5 Å². The van der Waals surface area contributed by atoms with Crippen molar-refractivity contribution in [3.8, 4) is 17.2 Å². The van der Waals surface area contributed by atoms with Crippen molar-refractivity contribution < 1.29 is 32.2 Å². The van der Waals surface area contributed by atoms with Crippen LogP contribution in [-0.4, -0.2) is 65.1 Å². The van der Waals surface area contributed by atoms with Gasteiger partial charge >= 0.3 is 0 Å². The predicted molar refractivity (Wildman–Crippen MR) is 164 cm³/mol. The standard InChI is InChI=1S/C32H39N3O7S/c1-23(32(37)33-25-12-8-9-13-25)34(21-24-11-10-14-26(19-24)40-2)31(36)22-35(43(38,39)28-15-6-5-7-16-28)29-20-27(41-3)17-18-30(29)42-4/h5-7,10-11,14-20,23,25H,8-9,12-13,21-22H2,1-4H3,(H,33,37)/t23-/m1/s1. The number of amides is 2. The average molecular weight is 610 g/mol. The molecule has 0 radical (unpaired) electrons. The van der Waals surface area contributed by atoms with Crippen LogP contribution in [0.1, 0.15) is 38.2 Å². The van der Waals surface area contributed by atoms with Crippen LogP contribution in [0, 0.1) is 0 Å². The Bertz CT molecular complexity index is 1510. The summed E-state index contributed by atoms with van der Waals surface area (Å²) >= 11 is 0. The van der Waals surface area contributed by atoms with Crippen LogP contribution < -0.4 is 23.8 Å². The average Bonchev–Trinajstić information content (AvgIpc) is 3.55. The number of sulfonamides is 1. The zero-order valence-corrected chi connectivity index (χ0v) is 25.8. The van der Waals surface area contributed by atoms with Crippen molar-refractivity contribution in [3.05, 3.63) is 78.4 Å². The van der Waals surface area contributed by atoms with Crippen LogP contribution in [0.3, 0.4) is 0 Å². The molecule has 0 bridgehead atoms. The Balaban J connectivity index is 1.75. The maximum atomic E-state index is 14.2. The van der Waals surface area contributed by atoms with Gasteiger partial charge in [0.2, 0.25) is 11.8 Å². The minimum Gasteiger partial charge on any atom is -0.497 e. The summed E-state index contributed by atoms with van der Waals surface area (Å²) in [5.74, 6) is 0.358. The fraction of sp³-hybridized carbons (Fsp3) is 0.375. The summed E-state index contributed by atoms with van der Waals surface area (Å²) in [6.45, 7) is 1.13. The monoisotopic (exact) mass is 609 g/mol. The van der Waals surface area contributed by atoms with Crippen molar-refractivity contribution in [1.29, 1.82) is 0 Å². The van der Waals surface area contributed by atoms with Crippen molar-refractivity contribution in [2.75, 3.05) is 32.2 Å². The molecule has 0 aromatic heterocycles. The van der Waals surface area contributed by atoms with Gasteiger partial charge in [-0.25, -0.2) is 8.42 Å². The van der Waals surface area contributed by atoms with E-state index in [4.69, 9.17) is 14.2 Å². The SMILES string of the molecule is COc1cccc(CN(C(=O)CN(c2cc(OC)ccc2OC)S(=O)(=O)c2ccccc2)[C@H](C)C(=O)NC2CCCC2)c1. The Morgan fingerprint density at radius 3 is 2.21 bits per heavy atom. The highest BCUT2D eigenvalue weighted by molar-refractivity contribution is 7.92. The van der Waals surface area contributed by atoms with Gasteiger partial charge in [-0.05, 0) is 61.7 Å². The van der Waals surface area contributed by atoms with E-state index in [9.17, 15) is 18.0 Å². The summed E-state index contributed by atoms with van der Waals surface area (Å²) in [6.07, 6.45) is 3.86. The van der Waals surface area contributed by atoms with Crippen LogP contribution in [0.5, 0.6) is 17.2 Å². The van der Waals surface area contributed by atoms with Crippen molar-refractivity contribution in [2.45, 2.75) is 56.1 Å². The first kappa shape index (κ1) is 31.7. The topological polar surface area (TPSA) is 114 Å². The van der Waals surface area contributed by atoms with Gasteiger partial charge in [-0.15, -0.1) is 0 Å². The number of nitrogens with zero attached hydrogens (tertiary/aromatic N) is 2.